The molecule has 1 aliphatic rings. The van der Waals surface area contributed by atoms with Gasteiger partial charge in [0.1, 0.15) is 0 Å². The van der Waals surface area contributed by atoms with Crippen LogP contribution in [0.4, 0.5) is 0 Å². The lowest BCUT2D eigenvalue weighted by atomic mass is 10.1. The molecule has 0 aromatic heterocycles. The van der Waals surface area contributed by atoms with Gasteiger partial charge in [-0.25, -0.2) is 0 Å². The number of carbonyl (C=O) groups excluding carboxylic acids is 1. The lowest BCUT2D eigenvalue weighted by molar-refractivity contribution is -0.0855. The number of benzene rings is 1. The molecule has 21 heavy (non-hydrogen) atoms. The molecule has 0 spiro atoms. The number of carbonyl (C=O) groups is 1. The fourth-order valence-electron chi connectivity index (χ4n) is 1.87. The summed E-state index contributed by atoms with van der Waals surface area (Å²) in [6.07, 6.45) is -0.104. The number of hydrogen-bond donors (Lipinski definition) is 2. The van der Waals surface area contributed by atoms with Crippen LogP contribution < -0.4 is 11.1 Å². The summed E-state index contributed by atoms with van der Waals surface area (Å²) in [5.41, 5.74) is 6.45. The Balaban J connectivity index is 1.94. The van der Waals surface area contributed by atoms with Crippen LogP contribution in [-0.2, 0) is 9.47 Å². The van der Waals surface area contributed by atoms with Gasteiger partial charge in [-0.05, 0) is 18.2 Å². The number of ether oxygens (including phenoxy) is 2. The van der Waals surface area contributed by atoms with Crippen molar-refractivity contribution in [3.63, 3.8) is 0 Å². The first-order valence-corrected chi connectivity index (χ1v) is 7.04. The van der Waals surface area contributed by atoms with Gasteiger partial charge in [0.05, 0.1) is 37.5 Å². The maximum Gasteiger partial charge on any atom is 0.251 e. The Hall–Kier alpha value is -1.58. The van der Waals surface area contributed by atoms with E-state index in [2.05, 4.69) is 17.2 Å². The van der Waals surface area contributed by atoms with E-state index >= 15 is 0 Å². The fraction of sp³-hybridized carbons (Fsp3) is 0.400. The number of rotatable bonds is 3. The SMILES string of the molecule is NCC#Cc1ccc(C(=O)NCC2COCCO2)cc1Cl. The van der Waals surface area contributed by atoms with Gasteiger partial charge >= 0.3 is 0 Å². The average Bonchev–Trinajstić information content (AvgIpc) is 2.52. The maximum absolute atomic E-state index is 12.0. The zero-order valence-electron chi connectivity index (χ0n) is 11.5. The highest BCUT2D eigenvalue weighted by Crippen LogP contribution is 2.17. The highest BCUT2D eigenvalue weighted by atomic mass is 35.5. The molecule has 1 heterocycles. The predicted molar refractivity (Wildman–Crippen MR) is 80.3 cm³/mol. The Kier molecular flexibility index (Phi) is 6.03. The standard InChI is InChI=1S/C15H17ClN2O3/c16-14-8-12(4-3-11(14)2-1-5-17)15(19)18-9-13-10-20-6-7-21-13/h3-4,8,13H,5-7,9-10,17H2,(H,18,19). The third-order valence-electron chi connectivity index (χ3n) is 2.93. The van der Waals surface area contributed by atoms with E-state index in [1.54, 1.807) is 18.2 Å². The Bertz CT molecular complexity index is 560. The molecular formula is C15H17ClN2O3. The second-order valence-electron chi connectivity index (χ2n) is 4.48. The van der Waals surface area contributed by atoms with Crippen molar-refractivity contribution in [3.05, 3.63) is 34.3 Å². The van der Waals surface area contributed by atoms with E-state index in [1.165, 1.54) is 0 Å². The molecule has 1 fully saturated rings. The smallest absolute Gasteiger partial charge is 0.251 e. The molecule has 1 aromatic rings. The van der Waals surface area contributed by atoms with Crippen molar-refractivity contribution in [2.24, 2.45) is 5.73 Å². The molecule has 0 aliphatic carbocycles. The zero-order chi connectivity index (χ0) is 15.1. The first kappa shape index (κ1) is 15.8. The van der Waals surface area contributed by atoms with E-state index in [0.717, 1.165) is 0 Å². The minimum absolute atomic E-state index is 0.104. The van der Waals surface area contributed by atoms with Gasteiger partial charge in [-0.2, -0.15) is 0 Å². The molecule has 1 aromatic carbocycles. The van der Waals surface area contributed by atoms with Crippen LogP contribution in [0.25, 0.3) is 0 Å². The van der Waals surface area contributed by atoms with Crippen LogP contribution in [0.15, 0.2) is 18.2 Å². The minimum atomic E-state index is -0.204. The number of nitrogens with two attached hydrogens (primary N) is 1. The van der Waals surface area contributed by atoms with Crippen LogP contribution in [0.2, 0.25) is 5.02 Å². The van der Waals surface area contributed by atoms with E-state index in [9.17, 15) is 4.79 Å². The Morgan fingerprint density at radius 1 is 1.48 bits per heavy atom. The van der Waals surface area contributed by atoms with E-state index in [-0.39, 0.29) is 18.6 Å². The number of halogens is 1. The first-order chi connectivity index (χ1) is 10.2. The quantitative estimate of drug-likeness (QED) is 0.810. The van der Waals surface area contributed by atoms with Crippen molar-refractivity contribution >= 4 is 17.5 Å². The molecule has 5 nitrogen and oxygen atoms in total. The van der Waals surface area contributed by atoms with Crippen LogP contribution in [0.3, 0.4) is 0 Å². The van der Waals surface area contributed by atoms with Gasteiger partial charge < -0.3 is 20.5 Å². The van der Waals surface area contributed by atoms with Crippen molar-refractivity contribution in [1.29, 1.82) is 0 Å². The number of nitrogens with one attached hydrogen (secondary N) is 1. The molecule has 1 saturated heterocycles. The minimum Gasteiger partial charge on any atom is -0.376 e. The van der Waals surface area contributed by atoms with E-state index in [1.807, 2.05) is 0 Å². The Labute approximate surface area is 128 Å². The molecule has 3 N–H and O–H groups in total. The second kappa shape index (κ2) is 8.01. The van der Waals surface area contributed by atoms with Gasteiger partial charge in [-0.1, -0.05) is 23.4 Å². The van der Waals surface area contributed by atoms with Crippen molar-refractivity contribution in [2.75, 3.05) is 32.9 Å². The van der Waals surface area contributed by atoms with Crippen LogP contribution in [0, 0.1) is 11.8 Å². The van der Waals surface area contributed by atoms with Gasteiger partial charge in [0.2, 0.25) is 0 Å². The molecule has 0 radical (unpaired) electrons. The number of hydrogen-bond acceptors (Lipinski definition) is 4. The van der Waals surface area contributed by atoms with Gasteiger partial charge in [-0.3, -0.25) is 4.79 Å². The van der Waals surface area contributed by atoms with E-state index in [0.29, 0.717) is 42.5 Å². The third-order valence-corrected chi connectivity index (χ3v) is 3.24. The summed E-state index contributed by atoms with van der Waals surface area (Å²) in [6.45, 7) is 2.33. The van der Waals surface area contributed by atoms with Crippen LogP contribution in [0.5, 0.6) is 0 Å². The van der Waals surface area contributed by atoms with Crippen molar-refractivity contribution < 1.29 is 14.3 Å². The molecule has 1 unspecified atom stereocenters. The first-order valence-electron chi connectivity index (χ1n) is 6.66. The Morgan fingerprint density at radius 3 is 3.00 bits per heavy atom. The summed E-state index contributed by atoms with van der Waals surface area (Å²) < 4.78 is 10.7. The molecular weight excluding hydrogens is 292 g/mol. The molecule has 0 saturated carbocycles. The van der Waals surface area contributed by atoms with Gasteiger partial charge in [0.15, 0.2) is 0 Å². The lowest BCUT2D eigenvalue weighted by Crippen LogP contribution is -2.39. The van der Waals surface area contributed by atoms with E-state index < -0.39 is 0 Å². The highest BCUT2D eigenvalue weighted by molar-refractivity contribution is 6.32. The van der Waals surface area contributed by atoms with Crippen LogP contribution >= 0.6 is 11.6 Å². The topological polar surface area (TPSA) is 73.6 Å². The third kappa shape index (κ3) is 4.73. The van der Waals surface area contributed by atoms with Gasteiger partial charge in [0, 0.05) is 17.7 Å². The zero-order valence-corrected chi connectivity index (χ0v) is 12.3. The molecule has 1 amide bonds. The fourth-order valence-corrected chi connectivity index (χ4v) is 2.09. The highest BCUT2D eigenvalue weighted by Gasteiger charge is 2.16. The molecule has 6 heteroatoms. The van der Waals surface area contributed by atoms with E-state index in [4.69, 9.17) is 26.8 Å². The molecule has 1 atom stereocenters. The van der Waals surface area contributed by atoms with Crippen LogP contribution in [0.1, 0.15) is 15.9 Å². The molecule has 1 aliphatic heterocycles. The summed E-state index contributed by atoms with van der Waals surface area (Å²) >= 11 is 6.09. The lowest BCUT2D eigenvalue weighted by Gasteiger charge is -2.23. The summed E-state index contributed by atoms with van der Waals surface area (Å²) in [6, 6.07) is 4.98. The summed E-state index contributed by atoms with van der Waals surface area (Å²) in [5, 5.41) is 3.23. The molecule has 0 bridgehead atoms. The molecule has 2 rings (SSSR count). The summed E-state index contributed by atoms with van der Waals surface area (Å²) in [4.78, 5) is 12.0. The number of amides is 1. The van der Waals surface area contributed by atoms with Gasteiger partial charge in [0.25, 0.3) is 5.91 Å². The summed E-state index contributed by atoms with van der Waals surface area (Å²) in [7, 11) is 0. The molecule has 112 valence electrons. The van der Waals surface area contributed by atoms with Gasteiger partial charge in [-0.15, -0.1) is 0 Å². The average molecular weight is 309 g/mol. The second-order valence-corrected chi connectivity index (χ2v) is 4.89. The maximum atomic E-state index is 12.0. The van der Waals surface area contributed by atoms with Crippen molar-refractivity contribution in [3.8, 4) is 11.8 Å². The monoisotopic (exact) mass is 308 g/mol. The Morgan fingerprint density at radius 2 is 2.33 bits per heavy atom. The van der Waals surface area contributed by atoms with Crippen molar-refractivity contribution in [1.82, 2.24) is 5.32 Å². The largest absolute Gasteiger partial charge is 0.376 e. The van der Waals surface area contributed by atoms with Crippen LogP contribution in [-0.4, -0.2) is 44.9 Å². The predicted octanol–water partition coefficient (Wildman–Crippen LogP) is 0.795. The normalized spacial score (nSPS) is 17.7. The van der Waals surface area contributed by atoms with Crippen molar-refractivity contribution in [2.45, 2.75) is 6.10 Å². The summed E-state index contributed by atoms with van der Waals surface area (Å²) in [5.74, 6) is 5.37.